The lowest BCUT2D eigenvalue weighted by molar-refractivity contribution is -0.116. The molecule has 0 aromatic heterocycles. The number of sulfonamides is 1. The van der Waals surface area contributed by atoms with Gasteiger partial charge in [-0.05, 0) is 48.4 Å². The second-order valence-electron chi connectivity index (χ2n) is 5.87. The highest BCUT2D eigenvalue weighted by molar-refractivity contribution is 7.89. The van der Waals surface area contributed by atoms with Crippen LogP contribution in [0.4, 0.5) is 5.69 Å². The maximum absolute atomic E-state index is 12.6. The van der Waals surface area contributed by atoms with Crippen molar-refractivity contribution in [2.24, 2.45) is 0 Å². The lowest BCUT2D eigenvalue weighted by Gasteiger charge is -2.18. The number of methoxy groups -OCH3 is 2. The van der Waals surface area contributed by atoms with E-state index in [9.17, 15) is 13.2 Å². The zero-order valence-electron chi connectivity index (χ0n) is 14.5. The summed E-state index contributed by atoms with van der Waals surface area (Å²) in [4.78, 5) is 11.6. The number of carbonyl (C=O) groups excluding carboxylic acids is 1. The molecular formula is C18H20N2O5S. The number of ether oxygens (including phenoxy) is 2. The Morgan fingerprint density at radius 1 is 1.08 bits per heavy atom. The summed E-state index contributed by atoms with van der Waals surface area (Å²) in [7, 11) is -0.640. The molecule has 7 nitrogen and oxygen atoms in total. The van der Waals surface area contributed by atoms with Gasteiger partial charge in [-0.25, -0.2) is 13.1 Å². The first-order valence-corrected chi connectivity index (χ1v) is 9.54. The Kier molecular flexibility index (Phi) is 5.15. The van der Waals surface area contributed by atoms with E-state index in [-0.39, 0.29) is 17.3 Å². The van der Waals surface area contributed by atoms with Crippen LogP contribution < -0.4 is 19.5 Å². The molecule has 1 heterocycles. The zero-order chi connectivity index (χ0) is 18.7. The quantitative estimate of drug-likeness (QED) is 0.805. The Labute approximate surface area is 152 Å². The predicted octanol–water partition coefficient (Wildman–Crippen LogP) is 2.07. The van der Waals surface area contributed by atoms with E-state index >= 15 is 0 Å². The Bertz CT molecular complexity index is 941. The van der Waals surface area contributed by atoms with Crippen LogP contribution in [0.3, 0.4) is 0 Å². The zero-order valence-corrected chi connectivity index (χ0v) is 15.4. The maximum Gasteiger partial charge on any atom is 0.240 e. The molecular weight excluding hydrogens is 356 g/mol. The topological polar surface area (TPSA) is 93.7 Å². The molecule has 26 heavy (non-hydrogen) atoms. The maximum atomic E-state index is 12.6. The summed E-state index contributed by atoms with van der Waals surface area (Å²) in [6.07, 6.45) is 0.874. The second kappa shape index (κ2) is 7.35. The highest BCUT2D eigenvalue weighted by Gasteiger charge is 2.20. The average molecular weight is 376 g/mol. The summed E-state index contributed by atoms with van der Waals surface area (Å²) >= 11 is 0. The molecule has 1 aliphatic heterocycles. The average Bonchev–Trinajstić information content (AvgIpc) is 2.65. The molecule has 0 unspecified atom stereocenters. The van der Waals surface area contributed by atoms with Crippen molar-refractivity contribution >= 4 is 21.6 Å². The van der Waals surface area contributed by atoms with Crippen LogP contribution in [0.15, 0.2) is 41.3 Å². The smallest absolute Gasteiger partial charge is 0.240 e. The number of carbonyl (C=O) groups is 1. The molecule has 8 heteroatoms. The molecule has 1 aliphatic rings. The Morgan fingerprint density at radius 3 is 2.62 bits per heavy atom. The monoisotopic (exact) mass is 376 g/mol. The van der Waals surface area contributed by atoms with Gasteiger partial charge in [-0.15, -0.1) is 0 Å². The number of hydrogen-bond donors (Lipinski definition) is 2. The molecule has 2 aromatic carbocycles. The van der Waals surface area contributed by atoms with E-state index in [0.717, 1.165) is 5.56 Å². The fourth-order valence-corrected chi connectivity index (χ4v) is 3.86. The van der Waals surface area contributed by atoms with Crippen molar-refractivity contribution in [3.63, 3.8) is 0 Å². The summed E-state index contributed by atoms with van der Waals surface area (Å²) in [6.45, 7) is 0.0660. The van der Waals surface area contributed by atoms with Gasteiger partial charge < -0.3 is 14.8 Å². The lowest BCUT2D eigenvalue weighted by atomic mass is 10.0. The van der Waals surface area contributed by atoms with Crippen LogP contribution in [-0.2, 0) is 27.8 Å². The van der Waals surface area contributed by atoms with Crippen LogP contribution >= 0.6 is 0 Å². The predicted molar refractivity (Wildman–Crippen MR) is 97.0 cm³/mol. The molecule has 0 fully saturated rings. The number of nitrogens with one attached hydrogen (secondary N) is 2. The first kappa shape index (κ1) is 18.2. The van der Waals surface area contributed by atoms with Crippen LogP contribution in [0.1, 0.15) is 17.5 Å². The third-order valence-electron chi connectivity index (χ3n) is 4.22. The molecule has 0 spiro atoms. The molecule has 3 rings (SSSR count). The Morgan fingerprint density at radius 2 is 1.88 bits per heavy atom. The summed E-state index contributed by atoms with van der Waals surface area (Å²) < 4.78 is 38.3. The van der Waals surface area contributed by atoms with E-state index in [1.807, 2.05) is 0 Å². The van der Waals surface area contributed by atoms with Gasteiger partial charge in [0.25, 0.3) is 0 Å². The van der Waals surface area contributed by atoms with Crippen molar-refractivity contribution < 1.29 is 22.7 Å². The fourth-order valence-electron chi connectivity index (χ4n) is 2.80. The van der Waals surface area contributed by atoms with Gasteiger partial charge >= 0.3 is 0 Å². The number of benzene rings is 2. The van der Waals surface area contributed by atoms with Crippen molar-refractivity contribution in [2.75, 3.05) is 19.5 Å². The first-order chi connectivity index (χ1) is 12.4. The molecule has 0 radical (unpaired) electrons. The minimum atomic E-state index is -3.71. The van der Waals surface area contributed by atoms with E-state index in [2.05, 4.69) is 10.0 Å². The van der Waals surface area contributed by atoms with Gasteiger partial charge in [0, 0.05) is 24.2 Å². The first-order valence-electron chi connectivity index (χ1n) is 8.06. The lowest BCUT2D eigenvalue weighted by Crippen LogP contribution is -2.24. The van der Waals surface area contributed by atoms with Crippen LogP contribution in [0.25, 0.3) is 0 Å². The number of anilines is 1. The summed E-state index contributed by atoms with van der Waals surface area (Å²) in [6, 6.07) is 9.89. The Hall–Kier alpha value is -2.58. The SMILES string of the molecule is COc1ccc(OC)c(CNS(=O)(=O)c2ccc3c(c2)CCC(=O)N3)c1. The highest BCUT2D eigenvalue weighted by Crippen LogP contribution is 2.27. The van der Waals surface area contributed by atoms with Crippen LogP contribution in [-0.4, -0.2) is 28.5 Å². The van der Waals surface area contributed by atoms with Crippen molar-refractivity contribution in [1.29, 1.82) is 0 Å². The van der Waals surface area contributed by atoms with Crippen LogP contribution in [0.5, 0.6) is 11.5 Å². The standard InChI is InChI=1S/C18H20N2O5S/c1-24-14-4-7-17(25-2)13(9-14)11-19-26(22,23)15-5-6-16-12(10-15)3-8-18(21)20-16/h4-7,9-10,19H,3,8,11H2,1-2H3,(H,20,21). The van der Waals surface area contributed by atoms with Crippen LogP contribution in [0, 0.1) is 0 Å². The molecule has 2 N–H and O–H groups in total. The number of amides is 1. The Balaban J connectivity index is 1.81. The van der Waals surface area contributed by atoms with Crippen molar-refractivity contribution in [2.45, 2.75) is 24.3 Å². The van der Waals surface area contributed by atoms with E-state index in [1.54, 1.807) is 37.4 Å². The molecule has 0 saturated carbocycles. The fraction of sp³-hybridized carbons (Fsp3) is 0.278. The van der Waals surface area contributed by atoms with Crippen molar-refractivity contribution in [3.05, 3.63) is 47.5 Å². The third-order valence-corrected chi connectivity index (χ3v) is 5.62. The van der Waals surface area contributed by atoms with Gasteiger partial charge in [-0.2, -0.15) is 0 Å². The van der Waals surface area contributed by atoms with Crippen LogP contribution in [0.2, 0.25) is 0 Å². The van der Waals surface area contributed by atoms with Gasteiger partial charge in [0.1, 0.15) is 11.5 Å². The van der Waals surface area contributed by atoms with E-state index < -0.39 is 10.0 Å². The van der Waals surface area contributed by atoms with E-state index in [4.69, 9.17) is 9.47 Å². The summed E-state index contributed by atoms with van der Waals surface area (Å²) in [5, 5.41) is 2.74. The molecule has 0 aliphatic carbocycles. The molecule has 138 valence electrons. The largest absolute Gasteiger partial charge is 0.497 e. The minimum absolute atomic E-state index is 0.0589. The van der Waals surface area contributed by atoms with Crippen molar-refractivity contribution in [3.8, 4) is 11.5 Å². The van der Waals surface area contributed by atoms with E-state index in [0.29, 0.717) is 35.6 Å². The molecule has 2 aromatic rings. The molecule has 1 amide bonds. The van der Waals surface area contributed by atoms with Gasteiger partial charge in [-0.1, -0.05) is 0 Å². The molecule has 0 saturated heterocycles. The second-order valence-corrected chi connectivity index (χ2v) is 7.64. The highest BCUT2D eigenvalue weighted by atomic mass is 32.2. The minimum Gasteiger partial charge on any atom is -0.497 e. The molecule has 0 atom stereocenters. The summed E-state index contributed by atoms with van der Waals surface area (Å²) in [5.74, 6) is 1.13. The number of hydrogen-bond acceptors (Lipinski definition) is 5. The summed E-state index contributed by atoms with van der Waals surface area (Å²) in [5.41, 5.74) is 2.14. The number of fused-ring (bicyclic) bond motifs is 1. The van der Waals surface area contributed by atoms with Gasteiger partial charge in [-0.3, -0.25) is 4.79 Å². The normalized spacial score (nSPS) is 13.7. The van der Waals surface area contributed by atoms with Gasteiger partial charge in [0.2, 0.25) is 15.9 Å². The van der Waals surface area contributed by atoms with Gasteiger partial charge in [0.05, 0.1) is 19.1 Å². The third kappa shape index (κ3) is 3.81. The van der Waals surface area contributed by atoms with E-state index in [1.165, 1.54) is 13.2 Å². The van der Waals surface area contributed by atoms with Crippen molar-refractivity contribution in [1.82, 2.24) is 4.72 Å². The number of aryl methyl sites for hydroxylation is 1. The number of rotatable bonds is 6. The van der Waals surface area contributed by atoms with Gasteiger partial charge in [0.15, 0.2) is 0 Å². The molecule has 0 bridgehead atoms.